The minimum absolute atomic E-state index is 0.0437. The van der Waals surface area contributed by atoms with Gasteiger partial charge in [0.1, 0.15) is 0 Å². The van der Waals surface area contributed by atoms with Crippen LogP contribution in [-0.4, -0.2) is 52.2 Å². The van der Waals surface area contributed by atoms with Crippen molar-refractivity contribution in [3.8, 4) is 0 Å². The van der Waals surface area contributed by atoms with Gasteiger partial charge in [0.05, 0.1) is 6.61 Å². The predicted octanol–water partition coefficient (Wildman–Crippen LogP) is 1.31. The minimum atomic E-state index is 0.0437. The molecule has 0 saturated heterocycles. The first-order valence-electron chi connectivity index (χ1n) is 9.85. The molecule has 2 saturated carbocycles. The van der Waals surface area contributed by atoms with Crippen molar-refractivity contribution in [3.63, 3.8) is 0 Å². The zero-order valence-corrected chi connectivity index (χ0v) is 15.8. The maximum atomic E-state index is 11.2. The molecule has 2 rings (SSSR count). The van der Waals surface area contributed by atoms with Crippen molar-refractivity contribution in [2.24, 2.45) is 23.7 Å². The Labute approximate surface area is 151 Å². The van der Waals surface area contributed by atoms with Crippen LogP contribution in [0.5, 0.6) is 0 Å². The molecule has 25 heavy (non-hydrogen) atoms. The average Bonchev–Trinajstić information content (AvgIpc) is 3.34. The molecule has 0 spiro atoms. The molecule has 4 atom stereocenters. The Bertz CT molecular complexity index is 430. The van der Waals surface area contributed by atoms with Gasteiger partial charge in [0, 0.05) is 40.1 Å². The van der Waals surface area contributed by atoms with Gasteiger partial charge in [0.25, 0.3) is 0 Å². The van der Waals surface area contributed by atoms with Crippen LogP contribution in [0.2, 0.25) is 0 Å². The zero-order chi connectivity index (χ0) is 18.1. The Hall–Kier alpha value is -1.14. The Balaban J connectivity index is 1.46. The smallest absolute Gasteiger partial charge is 0.222 e. The number of rotatable bonds is 13. The predicted molar refractivity (Wildman–Crippen MR) is 98.1 cm³/mol. The topological polar surface area (TPSA) is 79.5 Å². The fourth-order valence-corrected chi connectivity index (χ4v) is 3.99. The number of nitrogens with one attached hydrogen (secondary N) is 3. The van der Waals surface area contributed by atoms with Gasteiger partial charge in [-0.1, -0.05) is 0 Å². The van der Waals surface area contributed by atoms with Gasteiger partial charge in [0.2, 0.25) is 11.8 Å². The molecule has 2 aliphatic carbocycles. The lowest BCUT2D eigenvalue weighted by atomic mass is 9.70. The van der Waals surface area contributed by atoms with Crippen molar-refractivity contribution in [1.82, 2.24) is 16.0 Å². The summed E-state index contributed by atoms with van der Waals surface area (Å²) in [5.41, 5.74) is 0. The Morgan fingerprint density at radius 2 is 1.72 bits per heavy atom. The summed E-state index contributed by atoms with van der Waals surface area (Å²) in [4.78, 5) is 22.3. The van der Waals surface area contributed by atoms with Gasteiger partial charge < -0.3 is 20.7 Å². The molecule has 4 unspecified atom stereocenters. The molecular formula is C19H35N3O3. The summed E-state index contributed by atoms with van der Waals surface area (Å²) in [6.07, 6.45) is 7.50. The lowest BCUT2D eigenvalue weighted by Gasteiger charge is -2.37. The van der Waals surface area contributed by atoms with E-state index in [1.807, 2.05) is 0 Å². The van der Waals surface area contributed by atoms with Crippen LogP contribution in [0.1, 0.15) is 44.9 Å². The van der Waals surface area contributed by atoms with E-state index in [1.165, 1.54) is 25.7 Å². The molecule has 0 heterocycles. The fraction of sp³-hybridized carbons (Fsp3) is 0.895. The van der Waals surface area contributed by atoms with Crippen LogP contribution in [0.4, 0.5) is 0 Å². The molecule has 0 aromatic heterocycles. The average molecular weight is 354 g/mol. The standard InChI is InChI=1S/C19H35N3O3/c1-20-18(23)7-9-22-13-15-5-6-16(15)17-12-14(17)4-3-10-25-11-8-19(24)21-2/h14-17,22H,3-13H2,1-2H3,(H,20,23)(H,21,24). The molecule has 0 bridgehead atoms. The second-order valence-electron chi connectivity index (χ2n) is 7.47. The Morgan fingerprint density at radius 3 is 2.40 bits per heavy atom. The first-order chi connectivity index (χ1) is 12.2. The molecule has 2 aliphatic rings. The molecular weight excluding hydrogens is 318 g/mol. The van der Waals surface area contributed by atoms with Crippen molar-refractivity contribution in [3.05, 3.63) is 0 Å². The van der Waals surface area contributed by atoms with E-state index in [1.54, 1.807) is 14.1 Å². The Kier molecular flexibility index (Phi) is 8.68. The number of hydrogen-bond donors (Lipinski definition) is 3. The second-order valence-corrected chi connectivity index (χ2v) is 7.47. The van der Waals surface area contributed by atoms with E-state index >= 15 is 0 Å². The first-order valence-corrected chi connectivity index (χ1v) is 9.85. The van der Waals surface area contributed by atoms with Crippen molar-refractivity contribution in [2.45, 2.75) is 44.9 Å². The van der Waals surface area contributed by atoms with Crippen LogP contribution in [0, 0.1) is 23.7 Å². The molecule has 144 valence electrons. The second kappa shape index (κ2) is 10.8. The van der Waals surface area contributed by atoms with Gasteiger partial charge in [-0.15, -0.1) is 0 Å². The molecule has 2 fully saturated rings. The summed E-state index contributed by atoms with van der Waals surface area (Å²) in [6, 6.07) is 0. The van der Waals surface area contributed by atoms with Gasteiger partial charge in [-0.05, 0) is 62.3 Å². The van der Waals surface area contributed by atoms with E-state index < -0.39 is 0 Å². The quantitative estimate of drug-likeness (QED) is 0.436. The fourth-order valence-electron chi connectivity index (χ4n) is 3.99. The van der Waals surface area contributed by atoms with Crippen molar-refractivity contribution in [2.75, 3.05) is 40.4 Å². The number of hydrogen-bond acceptors (Lipinski definition) is 4. The Morgan fingerprint density at radius 1 is 0.960 bits per heavy atom. The van der Waals surface area contributed by atoms with Crippen LogP contribution in [0.25, 0.3) is 0 Å². The molecule has 0 aliphatic heterocycles. The van der Waals surface area contributed by atoms with Crippen LogP contribution in [-0.2, 0) is 14.3 Å². The molecule has 0 aromatic carbocycles. The normalized spacial score (nSPS) is 27.4. The molecule has 0 aromatic rings. The summed E-state index contributed by atoms with van der Waals surface area (Å²) in [5.74, 6) is 3.67. The van der Waals surface area contributed by atoms with Gasteiger partial charge >= 0.3 is 0 Å². The SMILES string of the molecule is CNC(=O)CCNCC1CCC1C1CC1CCCOCCC(=O)NC. The highest BCUT2D eigenvalue weighted by Gasteiger charge is 2.48. The maximum Gasteiger partial charge on any atom is 0.222 e. The zero-order valence-electron chi connectivity index (χ0n) is 15.8. The lowest BCUT2D eigenvalue weighted by Crippen LogP contribution is -2.37. The van der Waals surface area contributed by atoms with E-state index in [9.17, 15) is 9.59 Å². The third-order valence-corrected chi connectivity index (χ3v) is 5.83. The number of amides is 2. The summed E-state index contributed by atoms with van der Waals surface area (Å²) in [5, 5.41) is 8.70. The first kappa shape index (κ1) is 20.2. The van der Waals surface area contributed by atoms with E-state index in [4.69, 9.17) is 4.74 Å². The van der Waals surface area contributed by atoms with Gasteiger partial charge in [-0.2, -0.15) is 0 Å². The van der Waals surface area contributed by atoms with Crippen LogP contribution in [0.3, 0.4) is 0 Å². The lowest BCUT2D eigenvalue weighted by molar-refractivity contribution is -0.122. The minimum Gasteiger partial charge on any atom is -0.381 e. The molecule has 2 amide bonds. The summed E-state index contributed by atoms with van der Waals surface area (Å²) in [7, 11) is 3.34. The van der Waals surface area contributed by atoms with Crippen LogP contribution in [0.15, 0.2) is 0 Å². The molecule has 6 heteroatoms. The summed E-state index contributed by atoms with van der Waals surface area (Å²) < 4.78 is 5.53. The van der Waals surface area contributed by atoms with E-state index in [0.717, 1.165) is 49.8 Å². The highest BCUT2D eigenvalue weighted by atomic mass is 16.5. The van der Waals surface area contributed by atoms with Crippen molar-refractivity contribution < 1.29 is 14.3 Å². The maximum absolute atomic E-state index is 11.2. The van der Waals surface area contributed by atoms with E-state index in [0.29, 0.717) is 19.4 Å². The summed E-state index contributed by atoms with van der Waals surface area (Å²) >= 11 is 0. The molecule has 6 nitrogen and oxygen atoms in total. The number of carbonyl (C=O) groups excluding carboxylic acids is 2. The van der Waals surface area contributed by atoms with Crippen molar-refractivity contribution >= 4 is 11.8 Å². The van der Waals surface area contributed by atoms with Crippen LogP contribution >= 0.6 is 0 Å². The van der Waals surface area contributed by atoms with E-state index in [-0.39, 0.29) is 11.8 Å². The largest absolute Gasteiger partial charge is 0.381 e. The number of carbonyl (C=O) groups is 2. The van der Waals surface area contributed by atoms with E-state index in [2.05, 4.69) is 16.0 Å². The monoisotopic (exact) mass is 353 g/mol. The molecule has 3 N–H and O–H groups in total. The highest BCUT2D eigenvalue weighted by Crippen LogP contribution is 2.55. The van der Waals surface area contributed by atoms with Gasteiger partial charge in [-0.25, -0.2) is 0 Å². The third-order valence-electron chi connectivity index (χ3n) is 5.83. The number of ether oxygens (including phenoxy) is 1. The molecule has 0 radical (unpaired) electrons. The van der Waals surface area contributed by atoms with Gasteiger partial charge in [-0.3, -0.25) is 9.59 Å². The van der Waals surface area contributed by atoms with Crippen LogP contribution < -0.4 is 16.0 Å². The highest BCUT2D eigenvalue weighted by molar-refractivity contribution is 5.75. The third kappa shape index (κ3) is 6.94. The van der Waals surface area contributed by atoms with Gasteiger partial charge in [0.15, 0.2) is 0 Å². The summed E-state index contributed by atoms with van der Waals surface area (Å²) in [6.45, 7) is 3.15. The van der Waals surface area contributed by atoms with Crippen molar-refractivity contribution in [1.29, 1.82) is 0 Å².